The smallest absolute Gasteiger partial charge is 0.402 e. The van der Waals surface area contributed by atoms with Crippen LogP contribution in [-0.2, 0) is 6.54 Å². The molecular formula is C16H13N3O. The molecule has 1 aromatic heterocycles. The van der Waals surface area contributed by atoms with Crippen LogP contribution in [0.2, 0.25) is 0 Å². The highest BCUT2D eigenvalue weighted by atomic mass is 16.3. The van der Waals surface area contributed by atoms with E-state index >= 15 is 0 Å². The molecule has 0 aliphatic rings. The van der Waals surface area contributed by atoms with Gasteiger partial charge in [-0.15, -0.1) is 0 Å². The summed E-state index contributed by atoms with van der Waals surface area (Å²) in [6.45, 7) is 2.49. The maximum absolute atomic E-state index is 12.3. The molecule has 0 saturated heterocycles. The number of diazo groups is 1. The third kappa shape index (κ3) is 1.90. The molecule has 0 unspecified atom stereocenters. The Bertz CT molecular complexity index is 810. The SMILES string of the molecule is Cc1ccc(Cn2c([O-])c([N+]#N)c3ccccc32)cc1. The first-order valence-electron chi connectivity index (χ1n) is 6.39. The summed E-state index contributed by atoms with van der Waals surface area (Å²) in [5.74, 6) is -0.269. The van der Waals surface area contributed by atoms with E-state index in [-0.39, 0.29) is 11.6 Å². The molecule has 0 bridgehead atoms. The molecule has 2 aromatic carbocycles. The summed E-state index contributed by atoms with van der Waals surface area (Å²) in [6, 6.07) is 15.4. The van der Waals surface area contributed by atoms with Crippen molar-refractivity contribution in [3.63, 3.8) is 0 Å². The Balaban J connectivity index is 2.14. The van der Waals surface area contributed by atoms with Gasteiger partial charge in [-0.05, 0) is 24.6 Å². The normalized spacial score (nSPS) is 10.6. The molecule has 0 amide bonds. The molecule has 1 heterocycles. The zero-order valence-electron chi connectivity index (χ0n) is 11.1. The number of para-hydroxylation sites is 1. The fourth-order valence-electron chi connectivity index (χ4n) is 2.39. The summed E-state index contributed by atoms with van der Waals surface area (Å²) in [5.41, 5.74) is 3.11. The molecular weight excluding hydrogens is 250 g/mol. The molecule has 0 aliphatic carbocycles. The predicted molar refractivity (Wildman–Crippen MR) is 76.4 cm³/mol. The molecule has 4 nitrogen and oxygen atoms in total. The van der Waals surface area contributed by atoms with Gasteiger partial charge < -0.3 is 9.67 Å². The Morgan fingerprint density at radius 3 is 2.50 bits per heavy atom. The average molecular weight is 263 g/mol. The Morgan fingerprint density at radius 1 is 1.10 bits per heavy atom. The van der Waals surface area contributed by atoms with Crippen LogP contribution in [0.4, 0.5) is 5.69 Å². The number of rotatable bonds is 2. The minimum atomic E-state index is -0.269. The van der Waals surface area contributed by atoms with E-state index in [2.05, 4.69) is 4.98 Å². The highest BCUT2D eigenvalue weighted by molar-refractivity contribution is 5.96. The number of benzene rings is 2. The van der Waals surface area contributed by atoms with Crippen molar-refractivity contribution in [1.29, 1.82) is 5.39 Å². The van der Waals surface area contributed by atoms with Gasteiger partial charge in [-0.1, -0.05) is 42.0 Å². The maximum Gasteiger partial charge on any atom is 0.402 e. The van der Waals surface area contributed by atoms with Crippen LogP contribution in [-0.4, -0.2) is 4.57 Å². The Morgan fingerprint density at radius 2 is 1.80 bits per heavy atom. The number of hydrogen-bond donors (Lipinski definition) is 0. The molecule has 0 aliphatic heterocycles. The topological polar surface area (TPSA) is 56.1 Å². The van der Waals surface area contributed by atoms with Crippen LogP contribution >= 0.6 is 0 Å². The van der Waals surface area contributed by atoms with Crippen LogP contribution in [0, 0.1) is 12.3 Å². The zero-order chi connectivity index (χ0) is 14.1. The summed E-state index contributed by atoms with van der Waals surface area (Å²) in [6.07, 6.45) is 0. The molecule has 4 heteroatoms. The van der Waals surface area contributed by atoms with Crippen molar-refractivity contribution in [2.75, 3.05) is 0 Å². The summed E-state index contributed by atoms with van der Waals surface area (Å²) in [4.78, 5) is 3.14. The first-order chi connectivity index (χ1) is 9.70. The van der Waals surface area contributed by atoms with Gasteiger partial charge in [-0.2, -0.15) is 0 Å². The summed E-state index contributed by atoms with van der Waals surface area (Å²) < 4.78 is 1.63. The highest BCUT2D eigenvalue weighted by Crippen LogP contribution is 2.37. The van der Waals surface area contributed by atoms with E-state index in [9.17, 15) is 5.11 Å². The second-order valence-electron chi connectivity index (χ2n) is 4.84. The average Bonchev–Trinajstić information content (AvgIpc) is 2.74. The third-order valence-electron chi connectivity index (χ3n) is 3.46. The van der Waals surface area contributed by atoms with Crippen LogP contribution in [0.15, 0.2) is 48.5 Å². The second kappa shape index (κ2) is 4.71. The lowest BCUT2D eigenvalue weighted by atomic mass is 10.1. The molecule has 20 heavy (non-hydrogen) atoms. The number of nitrogens with zero attached hydrogens (tertiary/aromatic N) is 3. The highest BCUT2D eigenvalue weighted by Gasteiger charge is 2.20. The maximum atomic E-state index is 12.3. The predicted octanol–water partition coefficient (Wildman–Crippen LogP) is 3.56. The van der Waals surface area contributed by atoms with Gasteiger partial charge in [0, 0.05) is 6.54 Å². The monoisotopic (exact) mass is 263 g/mol. The van der Waals surface area contributed by atoms with E-state index in [4.69, 9.17) is 5.39 Å². The Kier molecular flexibility index (Phi) is 2.88. The van der Waals surface area contributed by atoms with Gasteiger partial charge in [-0.3, -0.25) is 0 Å². The molecule has 0 N–H and O–H groups in total. The van der Waals surface area contributed by atoms with Gasteiger partial charge >= 0.3 is 5.69 Å². The van der Waals surface area contributed by atoms with Crippen LogP contribution in [0.5, 0.6) is 5.88 Å². The number of hydrogen-bond acceptors (Lipinski definition) is 2. The van der Waals surface area contributed by atoms with Crippen molar-refractivity contribution < 1.29 is 5.11 Å². The molecule has 98 valence electrons. The largest absolute Gasteiger partial charge is 0.854 e. The van der Waals surface area contributed by atoms with Gasteiger partial charge in [-0.25, -0.2) is 0 Å². The van der Waals surface area contributed by atoms with E-state index in [0.717, 1.165) is 11.1 Å². The minimum Gasteiger partial charge on any atom is -0.854 e. The van der Waals surface area contributed by atoms with Crippen LogP contribution in [0.1, 0.15) is 11.1 Å². The Hall–Kier alpha value is -2.80. The lowest BCUT2D eigenvalue weighted by molar-refractivity contribution is -0.276. The number of aryl methyl sites for hydroxylation is 1. The molecule has 0 fully saturated rings. The minimum absolute atomic E-state index is 0.104. The third-order valence-corrected chi connectivity index (χ3v) is 3.46. The standard InChI is InChI=1S/C16H13N3O/c1-11-6-8-12(9-7-11)10-19-14-5-3-2-4-13(14)15(18-17)16(19)20/h2-9H,10H2,1H3. The van der Waals surface area contributed by atoms with Crippen LogP contribution < -0.4 is 5.11 Å². The fraction of sp³-hybridized carbons (Fsp3) is 0.125. The molecule has 0 radical (unpaired) electrons. The van der Waals surface area contributed by atoms with Gasteiger partial charge in [0.15, 0.2) is 4.98 Å². The van der Waals surface area contributed by atoms with Gasteiger partial charge in [0.2, 0.25) is 5.39 Å². The number of fused-ring (bicyclic) bond motifs is 1. The summed E-state index contributed by atoms with van der Waals surface area (Å²) in [5, 5.41) is 22.0. The van der Waals surface area contributed by atoms with Crippen molar-refractivity contribution in [3.05, 3.63) is 64.6 Å². The summed E-state index contributed by atoms with van der Waals surface area (Å²) in [7, 11) is 0. The quantitative estimate of drug-likeness (QED) is 0.664. The van der Waals surface area contributed by atoms with Gasteiger partial charge in [0.25, 0.3) is 0 Å². The molecule has 3 rings (SSSR count). The lowest BCUT2D eigenvalue weighted by Gasteiger charge is -2.11. The number of aromatic nitrogens is 1. The van der Waals surface area contributed by atoms with Gasteiger partial charge in [0.05, 0.1) is 16.8 Å². The molecule has 3 aromatic rings. The first-order valence-corrected chi connectivity index (χ1v) is 6.39. The van der Waals surface area contributed by atoms with E-state index in [1.807, 2.05) is 49.4 Å². The van der Waals surface area contributed by atoms with E-state index in [0.29, 0.717) is 11.9 Å². The lowest BCUT2D eigenvalue weighted by Crippen LogP contribution is -2.05. The van der Waals surface area contributed by atoms with Crippen LogP contribution in [0.3, 0.4) is 0 Å². The van der Waals surface area contributed by atoms with Crippen molar-refractivity contribution >= 4 is 16.6 Å². The van der Waals surface area contributed by atoms with E-state index < -0.39 is 0 Å². The fourth-order valence-corrected chi connectivity index (χ4v) is 2.39. The molecule has 0 atom stereocenters. The van der Waals surface area contributed by atoms with Gasteiger partial charge in [0.1, 0.15) is 0 Å². The van der Waals surface area contributed by atoms with Crippen molar-refractivity contribution in [1.82, 2.24) is 4.57 Å². The first kappa shape index (κ1) is 12.2. The summed E-state index contributed by atoms with van der Waals surface area (Å²) >= 11 is 0. The van der Waals surface area contributed by atoms with Crippen LogP contribution in [0.25, 0.3) is 15.9 Å². The Labute approximate surface area is 116 Å². The van der Waals surface area contributed by atoms with Crippen molar-refractivity contribution in [3.8, 4) is 5.88 Å². The van der Waals surface area contributed by atoms with E-state index in [1.165, 1.54) is 5.56 Å². The molecule has 0 saturated carbocycles. The van der Waals surface area contributed by atoms with Crippen molar-refractivity contribution in [2.45, 2.75) is 13.5 Å². The molecule has 0 spiro atoms. The zero-order valence-corrected chi connectivity index (χ0v) is 11.1. The second-order valence-corrected chi connectivity index (χ2v) is 4.84. The van der Waals surface area contributed by atoms with E-state index in [1.54, 1.807) is 10.6 Å². The van der Waals surface area contributed by atoms with Crippen molar-refractivity contribution in [2.24, 2.45) is 0 Å².